The molecule has 1 aromatic heterocycles. The van der Waals surface area contributed by atoms with Gasteiger partial charge in [-0.15, -0.1) is 11.8 Å². The van der Waals surface area contributed by atoms with Crippen molar-refractivity contribution in [3.05, 3.63) is 78.0 Å². The first-order valence-corrected chi connectivity index (χ1v) is 10.4. The normalized spacial score (nSPS) is 10.4. The third-order valence-corrected chi connectivity index (χ3v) is 5.05. The average molecular weight is 409 g/mol. The van der Waals surface area contributed by atoms with Crippen LogP contribution < -0.4 is 14.8 Å². The highest BCUT2D eigenvalue weighted by atomic mass is 32.2. The van der Waals surface area contributed by atoms with E-state index >= 15 is 0 Å². The number of rotatable bonds is 9. The molecular weight excluding hydrogens is 384 g/mol. The zero-order valence-corrected chi connectivity index (χ0v) is 17.4. The van der Waals surface area contributed by atoms with Crippen molar-refractivity contribution in [3.8, 4) is 17.4 Å². The number of carbonyl (C=O) groups excluding carboxylic acids is 1. The number of nitrogens with one attached hydrogen (secondary N) is 1. The van der Waals surface area contributed by atoms with E-state index in [-0.39, 0.29) is 5.91 Å². The number of aromatic nitrogens is 1. The molecule has 0 aliphatic rings. The van der Waals surface area contributed by atoms with Crippen LogP contribution in [0, 0.1) is 6.92 Å². The van der Waals surface area contributed by atoms with Crippen molar-refractivity contribution in [2.75, 3.05) is 12.4 Å². The summed E-state index contributed by atoms with van der Waals surface area (Å²) in [6.07, 6.45) is 1.70. The van der Waals surface area contributed by atoms with E-state index in [1.165, 1.54) is 17.3 Å². The predicted octanol–water partition coefficient (Wildman–Crippen LogP) is 4.99. The van der Waals surface area contributed by atoms with E-state index in [2.05, 4.69) is 10.3 Å². The van der Waals surface area contributed by atoms with Crippen molar-refractivity contribution in [3.63, 3.8) is 0 Å². The molecular formula is C23H24N2O3S. The van der Waals surface area contributed by atoms with Crippen molar-refractivity contribution in [2.45, 2.75) is 25.3 Å². The van der Waals surface area contributed by atoms with Gasteiger partial charge in [0.25, 0.3) is 0 Å². The van der Waals surface area contributed by atoms with Gasteiger partial charge in [-0.1, -0.05) is 35.9 Å². The molecule has 0 bridgehead atoms. The first kappa shape index (κ1) is 20.7. The van der Waals surface area contributed by atoms with Crippen molar-refractivity contribution in [1.82, 2.24) is 10.3 Å². The highest BCUT2D eigenvalue weighted by molar-refractivity contribution is 8.00. The van der Waals surface area contributed by atoms with Crippen LogP contribution in [-0.4, -0.2) is 23.3 Å². The van der Waals surface area contributed by atoms with E-state index in [9.17, 15) is 4.79 Å². The average Bonchev–Trinajstić information content (AvgIpc) is 2.74. The summed E-state index contributed by atoms with van der Waals surface area (Å²) in [5.41, 5.74) is 2.12. The van der Waals surface area contributed by atoms with Gasteiger partial charge in [-0.05, 0) is 43.7 Å². The minimum atomic E-state index is -0.0125. The van der Waals surface area contributed by atoms with Gasteiger partial charge in [-0.2, -0.15) is 0 Å². The van der Waals surface area contributed by atoms with E-state index in [0.717, 1.165) is 10.5 Å². The molecule has 0 aliphatic heterocycles. The number of pyridine rings is 1. The lowest BCUT2D eigenvalue weighted by molar-refractivity contribution is -0.118. The summed E-state index contributed by atoms with van der Waals surface area (Å²) in [4.78, 5) is 17.5. The van der Waals surface area contributed by atoms with Gasteiger partial charge in [-0.25, -0.2) is 4.98 Å². The molecule has 0 unspecified atom stereocenters. The Kier molecular flexibility index (Phi) is 7.53. The molecule has 2 aromatic carbocycles. The van der Waals surface area contributed by atoms with Crippen LogP contribution in [0.1, 0.15) is 18.1 Å². The van der Waals surface area contributed by atoms with Crippen LogP contribution in [0.4, 0.5) is 0 Å². The third kappa shape index (κ3) is 6.54. The monoisotopic (exact) mass is 408 g/mol. The summed E-state index contributed by atoms with van der Waals surface area (Å²) >= 11 is 1.52. The predicted molar refractivity (Wildman–Crippen MR) is 116 cm³/mol. The Bertz CT molecular complexity index is 928. The molecule has 1 amide bonds. The smallest absolute Gasteiger partial charge is 0.230 e. The summed E-state index contributed by atoms with van der Waals surface area (Å²) in [7, 11) is 0. The Hall–Kier alpha value is -2.99. The Morgan fingerprint density at radius 1 is 1.03 bits per heavy atom. The van der Waals surface area contributed by atoms with Crippen molar-refractivity contribution in [2.24, 2.45) is 0 Å². The number of hydrogen-bond acceptors (Lipinski definition) is 5. The van der Waals surface area contributed by atoms with Crippen molar-refractivity contribution in [1.29, 1.82) is 0 Å². The van der Waals surface area contributed by atoms with Crippen LogP contribution in [0.5, 0.6) is 17.4 Å². The molecule has 0 fully saturated rings. The van der Waals surface area contributed by atoms with Gasteiger partial charge in [0.15, 0.2) is 11.5 Å². The Morgan fingerprint density at radius 2 is 1.79 bits per heavy atom. The van der Waals surface area contributed by atoms with Gasteiger partial charge in [0.05, 0.1) is 12.4 Å². The number of benzene rings is 2. The first-order valence-electron chi connectivity index (χ1n) is 9.45. The number of nitrogens with zero attached hydrogens (tertiary/aromatic N) is 1. The summed E-state index contributed by atoms with van der Waals surface area (Å²) < 4.78 is 11.4. The number of carbonyl (C=O) groups is 1. The molecule has 0 aliphatic carbocycles. The second-order valence-corrected chi connectivity index (χ2v) is 7.41. The fourth-order valence-electron chi connectivity index (χ4n) is 2.53. The Labute approximate surface area is 175 Å². The van der Waals surface area contributed by atoms with Crippen LogP contribution in [0.15, 0.2) is 71.8 Å². The topological polar surface area (TPSA) is 60.5 Å². The lowest BCUT2D eigenvalue weighted by Gasteiger charge is -2.11. The van der Waals surface area contributed by atoms with Crippen molar-refractivity contribution < 1.29 is 14.3 Å². The molecule has 1 N–H and O–H groups in total. The minimum absolute atomic E-state index is 0.0125. The number of aryl methyl sites for hydroxylation is 1. The zero-order chi connectivity index (χ0) is 20.5. The lowest BCUT2D eigenvalue weighted by atomic mass is 10.2. The summed E-state index contributed by atoms with van der Waals surface area (Å²) in [5.74, 6) is 2.14. The molecule has 150 valence electrons. The number of amides is 1. The van der Waals surface area contributed by atoms with Gasteiger partial charge in [0.2, 0.25) is 11.8 Å². The van der Waals surface area contributed by atoms with Gasteiger partial charge in [0.1, 0.15) is 0 Å². The number of hydrogen-bond donors (Lipinski definition) is 1. The third-order valence-electron chi connectivity index (χ3n) is 4.04. The molecule has 3 rings (SSSR count). The van der Waals surface area contributed by atoms with Crippen LogP contribution in [0.25, 0.3) is 0 Å². The van der Waals surface area contributed by atoms with E-state index in [0.29, 0.717) is 36.3 Å². The van der Waals surface area contributed by atoms with E-state index in [1.54, 1.807) is 12.3 Å². The quantitative estimate of drug-likeness (QED) is 0.506. The highest BCUT2D eigenvalue weighted by Crippen LogP contribution is 2.30. The number of ether oxygens (including phenoxy) is 2. The van der Waals surface area contributed by atoms with Gasteiger partial charge in [-0.3, -0.25) is 4.79 Å². The minimum Gasteiger partial charge on any atom is -0.490 e. The highest BCUT2D eigenvalue weighted by Gasteiger charge is 2.07. The molecule has 6 heteroatoms. The van der Waals surface area contributed by atoms with Gasteiger partial charge < -0.3 is 14.8 Å². The molecule has 0 atom stereocenters. The zero-order valence-electron chi connectivity index (χ0n) is 16.6. The fourth-order valence-corrected chi connectivity index (χ4v) is 3.26. The lowest BCUT2D eigenvalue weighted by Crippen LogP contribution is -2.24. The molecule has 0 spiro atoms. The SMILES string of the molecule is CCOc1ccccc1Oc1ccc(CNC(=O)CSc2ccc(C)cc2)cn1. The van der Waals surface area contributed by atoms with E-state index in [1.807, 2.05) is 68.4 Å². The first-order chi connectivity index (χ1) is 14.1. The van der Waals surface area contributed by atoms with E-state index in [4.69, 9.17) is 9.47 Å². The molecule has 3 aromatic rings. The molecule has 29 heavy (non-hydrogen) atoms. The molecule has 5 nitrogen and oxygen atoms in total. The maximum atomic E-state index is 12.1. The molecule has 0 saturated carbocycles. The van der Waals surface area contributed by atoms with Crippen LogP contribution in [0.2, 0.25) is 0 Å². The second kappa shape index (κ2) is 10.5. The standard InChI is InChI=1S/C23H24N2O3S/c1-3-27-20-6-4-5-7-21(20)28-23-13-10-18(15-25-23)14-24-22(26)16-29-19-11-8-17(2)9-12-19/h4-13,15H,3,14,16H2,1-2H3,(H,24,26). The fraction of sp³-hybridized carbons (Fsp3) is 0.217. The number of para-hydroxylation sites is 2. The van der Waals surface area contributed by atoms with Crippen molar-refractivity contribution >= 4 is 17.7 Å². The molecule has 1 heterocycles. The van der Waals surface area contributed by atoms with Gasteiger partial charge >= 0.3 is 0 Å². The van der Waals surface area contributed by atoms with Gasteiger partial charge in [0, 0.05) is 23.7 Å². The maximum absolute atomic E-state index is 12.1. The largest absolute Gasteiger partial charge is 0.490 e. The second-order valence-electron chi connectivity index (χ2n) is 6.36. The van der Waals surface area contributed by atoms with Crippen LogP contribution in [-0.2, 0) is 11.3 Å². The molecule has 0 radical (unpaired) electrons. The number of thioether (sulfide) groups is 1. The van der Waals surface area contributed by atoms with E-state index < -0.39 is 0 Å². The summed E-state index contributed by atoms with van der Waals surface area (Å²) in [6, 6.07) is 19.3. The molecule has 0 saturated heterocycles. The van der Waals surface area contributed by atoms with Crippen LogP contribution >= 0.6 is 11.8 Å². The Balaban J connectivity index is 1.48. The van der Waals surface area contributed by atoms with Crippen LogP contribution in [0.3, 0.4) is 0 Å². The Morgan fingerprint density at radius 3 is 2.48 bits per heavy atom. The maximum Gasteiger partial charge on any atom is 0.230 e. The summed E-state index contributed by atoms with van der Waals surface area (Å²) in [5, 5.41) is 2.92. The summed E-state index contributed by atoms with van der Waals surface area (Å²) in [6.45, 7) is 4.96.